The number of nitrogens with zero attached hydrogens (tertiary/aromatic N) is 2. The van der Waals surface area contributed by atoms with Gasteiger partial charge in [-0.25, -0.2) is 9.97 Å². The Balaban J connectivity index is 0.000000160. The summed E-state index contributed by atoms with van der Waals surface area (Å²) in [5.41, 5.74) is 2.14. The molecule has 0 unspecified atom stereocenters. The Labute approximate surface area is 96.5 Å². The Morgan fingerprint density at radius 2 is 1.25 bits per heavy atom. The van der Waals surface area contributed by atoms with Gasteiger partial charge in [0.25, 0.3) is 0 Å². The zero-order valence-electron chi connectivity index (χ0n) is 10.5. The monoisotopic (exact) mass is 220 g/mol. The number of hydrogen-bond donors (Lipinski definition) is 2. The van der Waals surface area contributed by atoms with Crippen LogP contribution in [0.2, 0.25) is 0 Å². The Hall–Kier alpha value is -1.58. The maximum absolute atomic E-state index is 4.17. The number of aromatic nitrogens is 4. The average molecular weight is 220 g/mol. The summed E-state index contributed by atoms with van der Waals surface area (Å²) in [7, 11) is 0. The second-order valence-corrected chi connectivity index (χ2v) is 3.68. The van der Waals surface area contributed by atoms with E-state index in [1.54, 1.807) is 0 Å². The predicted octanol–water partition coefficient (Wildman–Crippen LogP) is 2.56. The molecule has 2 rings (SSSR count). The van der Waals surface area contributed by atoms with Crippen molar-refractivity contribution in [3.63, 3.8) is 0 Å². The second-order valence-electron chi connectivity index (χ2n) is 3.68. The summed E-state index contributed by atoms with van der Waals surface area (Å²) in [4.78, 5) is 14.4. The second kappa shape index (κ2) is 6.10. The molecule has 0 amide bonds. The zero-order valence-corrected chi connectivity index (χ0v) is 10.5. The number of hydrogen-bond acceptors (Lipinski definition) is 2. The van der Waals surface area contributed by atoms with E-state index in [4.69, 9.17) is 0 Å². The number of nitrogens with one attached hydrogen (secondary N) is 2. The molecule has 0 radical (unpaired) electrons. The summed E-state index contributed by atoms with van der Waals surface area (Å²) >= 11 is 0. The maximum Gasteiger partial charge on any atom is 0.106 e. The van der Waals surface area contributed by atoms with Crippen LogP contribution in [-0.2, 0) is 12.8 Å². The minimum absolute atomic E-state index is 0.994. The van der Waals surface area contributed by atoms with Gasteiger partial charge < -0.3 is 9.97 Å². The summed E-state index contributed by atoms with van der Waals surface area (Å²) in [5.74, 6) is 2.14. The lowest BCUT2D eigenvalue weighted by Crippen LogP contribution is -1.80. The minimum atomic E-state index is 0.994. The molecule has 2 aromatic heterocycles. The van der Waals surface area contributed by atoms with Crippen LogP contribution < -0.4 is 0 Å². The first-order valence-corrected chi connectivity index (χ1v) is 5.67. The van der Waals surface area contributed by atoms with E-state index in [2.05, 4.69) is 33.8 Å². The van der Waals surface area contributed by atoms with Crippen LogP contribution in [0, 0.1) is 13.8 Å². The average Bonchev–Trinajstić information content (AvgIpc) is 2.88. The topological polar surface area (TPSA) is 57.4 Å². The van der Waals surface area contributed by atoms with Gasteiger partial charge in [-0.3, -0.25) is 0 Å². The van der Waals surface area contributed by atoms with Gasteiger partial charge >= 0.3 is 0 Å². The van der Waals surface area contributed by atoms with Crippen molar-refractivity contribution in [2.45, 2.75) is 40.5 Å². The third-order valence-corrected chi connectivity index (χ3v) is 2.19. The van der Waals surface area contributed by atoms with E-state index in [0.29, 0.717) is 0 Å². The molecule has 88 valence electrons. The number of aryl methyl sites for hydroxylation is 4. The van der Waals surface area contributed by atoms with E-state index >= 15 is 0 Å². The van der Waals surface area contributed by atoms with Crippen molar-refractivity contribution >= 4 is 0 Å². The van der Waals surface area contributed by atoms with Crippen LogP contribution in [0.3, 0.4) is 0 Å². The molecule has 0 aromatic carbocycles. The van der Waals surface area contributed by atoms with Crippen molar-refractivity contribution in [1.29, 1.82) is 0 Å². The highest BCUT2D eigenvalue weighted by Gasteiger charge is 1.90. The Morgan fingerprint density at radius 3 is 1.38 bits per heavy atom. The van der Waals surface area contributed by atoms with Gasteiger partial charge in [0, 0.05) is 25.2 Å². The molecule has 4 heteroatoms. The lowest BCUT2D eigenvalue weighted by molar-refractivity contribution is 0.982. The smallest absolute Gasteiger partial charge is 0.106 e. The number of imidazole rings is 2. The van der Waals surface area contributed by atoms with Crippen molar-refractivity contribution in [1.82, 2.24) is 19.9 Å². The van der Waals surface area contributed by atoms with Crippen LogP contribution in [0.1, 0.15) is 36.9 Å². The predicted molar refractivity (Wildman–Crippen MR) is 65.4 cm³/mol. The van der Waals surface area contributed by atoms with Crippen LogP contribution in [0.25, 0.3) is 0 Å². The minimum Gasteiger partial charge on any atom is -0.348 e. The SMILES string of the molecule is CCc1nc(C)c[nH]1.CCc1nc(C)c[nH]1. The molecule has 0 aliphatic carbocycles. The van der Waals surface area contributed by atoms with Gasteiger partial charge in [-0.1, -0.05) is 13.8 Å². The van der Waals surface area contributed by atoms with Crippen molar-refractivity contribution in [2.75, 3.05) is 0 Å². The fourth-order valence-electron chi connectivity index (χ4n) is 1.29. The highest BCUT2D eigenvalue weighted by atomic mass is 14.9. The molecule has 16 heavy (non-hydrogen) atoms. The third kappa shape index (κ3) is 3.88. The van der Waals surface area contributed by atoms with Gasteiger partial charge in [-0.2, -0.15) is 0 Å². The Bertz CT molecular complexity index is 374. The number of H-pyrrole nitrogens is 2. The van der Waals surface area contributed by atoms with Crippen molar-refractivity contribution < 1.29 is 0 Å². The van der Waals surface area contributed by atoms with Crippen molar-refractivity contribution in [3.8, 4) is 0 Å². The normalized spacial score (nSPS) is 9.75. The summed E-state index contributed by atoms with van der Waals surface area (Å²) < 4.78 is 0. The lowest BCUT2D eigenvalue weighted by Gasteiger charge is -1.80. The molecule has 0 saturated heterocycles. The van der Waals surface area contributed by atoms with E-state index in [0.717, 1.165) is 35.9 Å². The standard InChI is InChI=1S/2C6H10N2/c2*1-3-6-7-4-5(2)8-6/h2*4H,3H2,1-2H3,(H,7,8). The Kier molecular flexibility index (Phi) is 4.76. The van der Waals surface area contributed by atoms with Gasteiger partial charge in [0.15, 0.2) is 0 Å². The fourth-order valence-corrected chi connectivity index (χ4v) is 1.29. The Morgan fingerprint density at radius 1 is 0.875 bits per heavy atom. The van der Waals surface area contributed by atoms with Crippen LogP contribution in [0.4, 0.5) is 0 Å². The van der Waals surface area contributed by atoms with Gasteiger partial charge in [-0.05, 0) is 13.8 Å². The van der Waals surface area contributed by atoms with E-state index < -0.39 is 0 Å². The summed E-state index contributed by atoms with van der Waals surface area (Å²) in [6.07, 6.45) is 5.82. The van der Waals surface area contributed by atoms with Crippen LogP contribution in [0.15, 0.2) is 12.4 Å². The quantitative estimate of drug-likeness (QED) is 0.817. The maximum atomic E-state index is 4.17. The lowest BCUT2D eigenvalue weighted by atomic mass is 10.5. The number of aromatic amines is 2. The summed E-state index contributed by atoms with van der Waals surface area (Å²) in [6, 6.07) is 0. The van der Waals surface area contributed by atoms with Crippen molar-refractivity contribution in [2.24, 2.45) is 0 Å². The summed E-state index contributed by atoms with van der Waals surface area (Å²) in [6.45, 7) is 8.13. The zero-order chi connectivity index (χ0) is 12.0. The molecule has 4 nitrogen and oxygen atoms in total. The van der Waals surface area contributed by atoms with Crippen LogP contribution in [-0.4, -0.2) is 19.9 Å². The van der Waals surface area contributed by atoms with Gasteiger partial charge in [0.1, 0.15) is 11.6 Å². The van der Waals surface area contributed by atoms with Gasteiger partial charge in [-0.15, -0.1) is 0 Å². The van der Waals surface area contributed by atoms with Crippen LogP contribution in [0.5, 0.6) is 0 Å². The molecule has 0 saturated carbocycles. The molecule has 0 fully saturated rings. The van der Waals surface area contributed by atoms with E-state index in [9.17, 15) is 0 Å². The fraction of sp³-hybridized carbons (Fsp3) is 0.500. The first-order valence-electron chi connectivity index (χ1n) is 5.67. The van der Waals surface area contributed by atoms with Gasteiger partial charge in [0.2, 0.25) is 0 Å². The molecule has 0 atom stereocenters. The number of rotatable bonds is 2. The molecular formula is C12H20N4. The molecule has 0 bridgehead atoms. The first-order chi connectivity index (χ1) is 7.65. The van der Waals surface area contributed by atoms with E-state index in [1.807, 2.05) is 26.2 Å². The largest absolute Gasteiger partial charge is 0.348 e. The molecule has 0 aliphatic rings. The van der Waals surface area contributed by atoms with Gasteiger partial charge in [0.05, 0.1) is 11.4 Å². The molecule has 0 spiro atoms. The van der Waals surface area contributed by atoms with Crippen LogP contribution >= 0.6 is 0 Å². The molecule has 2 N–H and O–H groups in total. The van der Waals surface area contributed by atoms with E-state index in [1.165, 1.54) is 0 Å². The highest BCUT2D eigenvalue weighted by molar-refractivity contribution is 4.98. The van der Waals surface area contributed by atoms with Crippen molar-refractivity contribution in [3.05, 3.63) is 35.4 Å². The molecule has 0 aliphatic heterocycles. The summed E-state index contributed by atoms with van der Waals surface area (Å²) in [5, 5.41) is 0. The molecule has 2 aromatic rings. The first kappa shape index (κ1) is 12.5. The molecular weight excluding hydrogens is 200 g/mol. The highest BCUT2D eigenvalue weighted by Crippen LogP contribution is 1.94. The third-order valence-electron chi connectivity index (χ3n) is 2.19. The van der Waals surface area contributed by atoms with E-state index in [-0.39, 0.29) is 0 Å². The molecule has 2 heterocycles.